The summed E-state index contributed by atoms with van der Waals surface area (Å²) in [7, 11) is 0. The zero-order chi connectivity index (χ0) is 12.5. The van der Waals surface area contributed by atoms with E-state index in [4.69, 9.17) is 5.11 Å². The van der Waals surface area contributed by atoms with Gasteiger partial charge in [-0.15, -0.1) is 0 Å². The van der Waals surface area contributed by atoms with Crippen LogP contribution in [0.5, 0.6) is 5.75 Å². The van der Waals surface area contributed by atoms with Gasteiger partial charge in [0.05, 0.1) is 15.3 Å². The molecule has 0 bridgehead atoms. The minimum Gasteiger partial charge on any atom is -0.501 e. The first-order valence-electron chi connectivity index (χ1n) is 4.24. The molecule has 7 heteroatoms. The molecule has 6 nitrogen and oxygen atoms in total. The molecule has 0 saturated heterocycles. The van der Waals surface area contributed by atoms with Gasteiger partial charge in [0.25, 0.3) is 0 Å². The smallest absolute Gasteiger partial charge is 0.312 e. The molecule has 1 rings (SSSR count). The highest BCUT2D eigenvalue weighted by atomic mass is 79.9. The lowest BCUT2D eigenvalue weighted by molar-refractivity contribution is -0.386. The van der Waals surface area contributed by atoms with Crippen LogP contribution in [0.3, 0.4) is 0 Å². The Labute approximate surface area is 98.8 Å². The number of nitro groups is 1. The second kappa shape index (κ2) is 4.48. The Hall–Kier alpha value is -1.63. The number of carboxylic acids is 1. The number of nitro benzene ring substituents is 1. The summed E-state index contributed by atoms with van der Waals surface area (Å²) in [5, 5.41) is 28.8. The number of hydrogen-bond acceptors (Lipinski definition) is 4. The van der Waals surface area contributed by atoms with Gasteiger partial charge in [-0.05, 0) is 34.5 Å². The van der Waals surface area contributed by atoms with Gasteiger partial charge in [0.2, 0.25) is 5.75 Å². The summed E-state index contributed by atoms with van der Waals surface area (Å²) in [5.74, 6) is -2.48. The third kappa shape index (κ3) is 2.30. The molecule has 0 spiro atoms. The summed E-state index contributed by atoms with van der Waals surface area (Å²) in [6.45, 7) is 1.41. The zero-order valence-electron chi connectivity index (χ0n) is 8.18. The van der Waals surface area contributed by atoms with E-state index in [9.17, 15) is 20.0 Å². The predicted octanol–water partition coefficient (Wildman–Crippen LogP) is 2.25. The third-order valence-corrected chi connectivity index (χ3v) is 2.74. The molecule has 1 aromatic rings. The van der Waals surface area contributed by atoms with Crippen LogP contribution in [0, 0.1) is 10.1 Å². The van der Waals surface area contributed by atoms with E-state index in [1.54, 1.807) is 0 Å². The molecule has 16 heavy (non-hydrogen) atoms. The van der Waals surface area contributed by atoms with Gasteiger partial charge in [0.1, 0.15) is 0 Å². The Kier molecular flexibility index (Phi) is 3.48. The van der Waals surface area contributed by atoms with Crippen molar-refractivity contribution in [1.82, 2.24) is 0 Å². The summed E-state index contributed by atoms with van der Waals surface area (Å²) < 4.78 is 0.102. The fraction of sp³-hybridized carbons (Fsp3) is 0.222. The monoisotopic (exact) mass is 289 g/mol. The van der Waals surface area contributed by atoms with E-state index in [0.29, 0.717) is 0 Å². The Balaban J connectivity index is 3.34. The number of phenols is 1. The number of aliphatic carboxylic acids is 1. The SMILES string of the molecule is CC(C(=O)O)c1cc(Br)c(O)c([N+](=O)[O-])c1. The van der Waals surface area contributed by atoms with E-state index < -0.39 is 28.2 Å². The van der Waals surface area contributed by atoms with Gasteiger partial charge >= 0.3 is 11.7 Å². The maximum Gasteiger partial charge on any atom is 0.312 e. The second-order valence-corrected chi connectivity index (χ2v) is 4.04. The number of hydrogen-bond donors (Lipinski definition) is 2. The molecular formula is C9H8BrNO5. The number of nitrogens with zero attached hydrogens (tertiary/aromatic N) is 1. The van der Waals surface area contributed by atoms with Crippen LogP contribution in [0.1, 0.15) is 18.4 Å². The summed E-state index contributed by atoms with van der Waals surface area (Å²) in [6, 6.07) is 2.40. The Morgan fingerprint density at radius 2 is 2.12 bits per heavy atom. The highest BCUT2D eigenvalue weighted by molar-refractivity contribution is 9.10. The van der Waals surface area contributed by atoms with Crippen LogP contribution in [0.15, 0.2) is 16.6 Å². The molecule has 2 N–H and O–H groups in total. The van der Waals surface area contributed by atoms with Crippen LogP contribution in [0.25, 0.3) is 0 Å². The number of carbonyl (C=O) groups is 1. The molecule has 0 radical (unpaired) electrons. The molecule has 1 aromatic carbocycles. The fourth-order valence-electron chi connectivity index (χ4n) is 1.14. The van der Waals surface area contributed by atoms with Crippen molar-refractivity contribution in [3.8, 4) is 5.75 Å². The average Bonchev–Trinajstić information content (AvgIpc) is 2.20. The standard InChI is InChI=1S/C9H8BrNO5/c1-4(9(13)14)5-2-6(10)8(12)7(3-5)11(15)16/h2-4,12H,1H3,(H,13,14). The van der Waals surface area contributed by atoms with Gasteiger partial charge in [-0.2, -0.15) is 0 Å². The van der Waals surface area contributed by atoms with Crippen LogP contribution in [0.4, 0.5) is 5.69 Å². The summed E-state index contributed by atoms with van der Waals surface area (Å²) in [6.07, 6.45) is 0. The average molecular weight is 290 g/mol. The maximum absolute atomic E-state index is 10.7. The van der Waals surface area contributed by atoms with Gasteiger partial charge in [0, 0.05) is 6.07 Å². The van der Waals surface area contributed by atoms with Crippen LogP contribution >= 0.6 is 15.9 Å². The quantitative estimate of drug-likeness (QED) is 0.656. The normalized spacial score (nSPS) is 12.1. The van der Waals surface area contributed by atoms with Gasteiger partial charge < -0.3 is 10.2 Å². The van der Waals surface area contributed by atoms with Crippen molar-refractivity contribution in [3.63, 3.8) is 0 Å². The Morgan fingerprint density at radius 1 is 1.56 bits per heavy atom. The zero-order valence-corrected chi connectivity index (χ0v) is 9.76. The molecule has 1 unspecified atom stereocenters. The number of halogens is 1. The summed E-state index contributed by atoms with van der Waals surface area (Å²) in [5.41, 5.74) is -0.263. The number of carboxylic acid groups (broad SMARTS) is 1. The van der Waals surface area contributed by atoms with Crippen molar-refractivity contribution in [2.45, 2.75) is 12.8 Å². The summed E-state index contributed by atoms with van der Waals surface area (Å²) >= 11 is 2.94. The lowest BCUT2D eigenvalue weighted by Crippen LogP contribution is -2.07. The van der Waals surface area contributed by atoms with Crippen LogP contribution in [0.2, 0.25) is 0 Å². The molecule has 86 valence electrons. The molecule has 0 aliphatic carbocycles. The molecule has 0 aliphatic heterocycles. The van der Waals surface area contributed by atoms with E-state index in [1.165, 1.54) is 13.0 Å². The molecular weight excluding hydrogens is 282 g/mol. The Bertz CT molecular complexity index is 459. The van der Waals surface area contributed by atoms with Gasteiger partial charge in [-0.3, -0.25) is 14.9 Å². The van der Waals surface area contributed by atoms with Gasteiger partial charge in [-0.25, -0.2) is 0 Å². The van der Waals surface area contributed by atoms with E-state index in [-0.39, 0.29) is 10.0 Å². The molecule has 1 atom stereocenters. The fourth-order valence-corrected chi connectivity index (χ4v) is 1.60. The van der Waals surface area contributed by atoms with E-state index in [0.717, 1.165) is 6.07 Å². The predicted molar refractivity (Wildman–Crippen MR) is 58.5 cm³/mol. The van der Waals surface area contributed by atoms with E-state index >= 15 is 0 Å². The minimum absolute atomic E-state index is 0.102. The first kappa shape index (κ1) is 12.4. The second-order valence-electron chi connectivity index (χ2n) is 3.19. The lowest BCUT2D eigenvalue weighted by Gasteiger charge is -2.08. The largest absolute Gasteiger partial charge is 0.501 e. The number of benzene rings is 1. The molecule has 0 amide bonds. The first-order valence-corrected chi connectivity index (χ1v) is 5.03. The topological polar surface area (TPSA) is 101 Å². The summed E-state index contributed by atoms with van der Waals surface area (Å²) in [4.78, 5) is 20.6. The molecule has 0 fully saturated rings. The lowest BCUT2D eigenvalue weighted by atomic mass is 10.0. The highest BCUT2D eigenvalue weighted by Crippen LogP contribution is 2.36. The van der Waals surface area contributed by atoms with Crippen molar-refractivity contribution in [2.24, 2.45) is 0 Å². The van der Waals surface area contributed by atoms with Gasteiger partial charge in [-0.1, -0.05) is 0 Å². The van der Waals surface area contributed by atoms with Crippen LogP contribution < -0.4 is 0 Å². The van der Waals surface area contributed by atoms with Crippen molar-refractivity contribution in [2.75, 3.05) is 0 Å². The van der Waals surface area contributed by atoms with Crippen molar-refractivity contribution < 1.29 is 19.9 Å². The molecule has 0 aliphatic rings. The molecule has 0 saturated carbocycles. The number of aromatic hydroxyl groups is 1. The maximum atomic E-state index is 10.7. The number of rotatable bonds is 3. The van der Waals surface area contributed by atoms with E-state index in [1.807, 2.05) is 0 Å². The van der Waals surface area contributed by atoms with Gasteiger partial charge in [0.15, 0.2) is 0 Å². The minimum atomic E-state index is -1.09. The van der Waals surface area contributed by atoms with Crippen molar-refractivity contribution in [1.29, 1.82) is 0 Å². The first-order chi connectivity index (χ1) is 7.34. The van der Waals surface area contributed by atoms with E-state index in [2.05, 4.69) is 15.9 Å². The van der Waals surface area contributed by atoms with Crippen molar-refractivity contribution in [3.05, 3.63) is 32.3 Å². The third-order valence-electron chi connectivity index (χ3n) is 2.13. The highest BCUT2D eigenvalue weighted by Gasteiger charge is 2.22. The molecule has 0 heterocycles. The Morgan fingerprint density at radius 3 is 2.56 bits per heavy atom. The van der Waals surface area contributed by atoms with Crippen LogP contribution in [-0.4, -0.2) is 21.1 Å². The molecule has 0 aromatic heterocycles. The number of phenolic OH excluding ortho intramolecular Hbond substituents is 1. The van der Waals surface area contributed by atoms with Crippen LogP contribution in [-0.2, 0) is 4.79 Å². The van der Waals surface area contributed by atoms with Crippen molar-refractivity contribution >= 4 is 27.6 Å².